The Morgan fingerprint density at radius 2 is 0.578 bits per heavy atom. The molecule has 0 saturated carbocycles. The van der Waals surface area contributed by atoms with Gasteiger partial charge in [0, 0.05) is 22.5 Å². The van der Waals surface area contributed by atoms with Crippen molar-refractivity contribution in [2.45, 2.75) is 19.3 Å². The number of rotatable bonds is 7. The van der Waals surface area contributed by atoms with Crippen molar-refractivity contribution < 1.29 is 0 Å². The van der Waals surface area contributed by atoms with Crippen LogP contribution in [0.15, 0.2) is 237 Å². The largest absolute Gasteiger partial charge is 0.310 e. The van der Waals surface area contributed by atoms with Crippen LogP contribution in [0, 0.1) is 0 Å². The first-order valence-electron chi connectivity index (χ1n) is 22.3. The molecule has 0 bridgehead atoms. The Morgan fingerprint density at radius 3 is 1.11 bits per heavy atom. The van der Waals surface area contributed by atoms with Crippen LogP contribution < -0.4 is 4.90 Å². The van der Waals surface area contributed by atoms with Crippen LogP contribution in [-0.2, 0) is 5.41 Å². The third-order valence-electron chi connectivity index (χ3n) is 13.6. The van der Waals surface area contributed by atoms with Gasteiger partial charge in [0.15, 0.2) is 0 Å². The highest BCUT2D eigenvalue weighted by molar-refractivity contribution is 5.94. The standard InChI is InChI=1S/C63H45N/c1-63(2)61-40-54(42-10-4-3-5-11-42)27-34-59(61)60-35-28-55(41-62(60)63)51-20-21-53-39-58(33-26-52(53)38-51)64(56-29-22-45(23-30-56)49-18-16-43-12-6-8-14-47(43)36-49)57-31-24-46(25-32-57)50-19-17-44-13-7-9-15-48(44)37-50/h3-41H,1-2H3. The van der Waals surface area contributed by atoms with Gasteiger partial charge < -0.3 is 4.90 Å². The summed E-state index contributed by atoms with van der Waals surface area (Å²) in [6.07, 6.45) is 0. The average Bonchev–Trinajstić information content (AvgIpc) is 3.58. The minimum absolute atomic E-state index is 0.109. The summed E-state index contributed by atoms with van der Waals surface area (Å²) in [4.78, 5) is 2.38. The van der Waals surface area contributed by atoms with Crippen LogP contribution in [0.25, 0.3) is 88.0 Å². The zero-order valence-corrected chi connectivity index (χ0v) is 36.0. The number of fused-ring (bicyclic) bond motifs is 6. The summed E-state index contributed by atoms with van der Waals surface area (Å²) in [5.41, 5.74) is 18.5. The highest BCUT2D eigenvalue weighted by Gasteiger charge is 2.36. The molecule has 0 aromatic heterocycles. The minimum Gasteiger partial charge on any atom is -0.310 e. The lowest BCUT2D eigenvalue weighted by Crippen LogP contribution is -2.15. The predicted octanol–water partition coefficient (Wildman–Crippen LogP) is 17.6. The number of nitrogens with zero attached hydrogens (tertiary/aromatic N) is 1. The normalized spacial score (nSPS) is 12.7. The van der Waals surface area contributed by atoms with E-state index in [0.717, 1.165) is 17.1 Å². The lowest BCUT2D eigenvalue weighted by Gasteiger charge is -2.26. The number of hydrogen-bond donors (Lipinski definition) is 0. The summed E-state index contributed by atoms with van der Waals surface area (Å²) in [7, 11) is 0. The number of benzene rings is 11. The van der Waals surface area contributed by atoms with Gasteiger partial charge in [-0.25, -0.2) is 0 Å². The van der Waals surface area contributed by atoms with Crippen LogP contribution in [0.3, 0.4) is 0 Å². The van der Waals surface area contributed by atoms with Crippen molar-refractivity contribution in [1.29, 1.82) is 0 Å². The van der Waals surface area contributed by atoms with Gasteiger partial charge >= 0.3 is 0 Å². The second kappa shape index (κ2) is 15.1. The summed E-state index contributed by atoms with van der Waals surface area (Å²) < 4.78 is 0. The van der Waals surface area contributed by atoms with Crippen molar-refractivity contribution >= 4 is 49.4 Å². The molecule has 1 aliphatic rings. The number of anilines is 3. The van der Waals surface area contributed by atoms with E-state index < -0.39 is 0 Å². The van der Waals surface area contributed by atoms with Gasteiger partial charge in [-0.05, 0) is 166 Å². The molecular formula is C63H45N. The molecule has 64 heavy (non-hydrogen) atoms. The summed E-state index contributed by atoms with van der Waals surface area (Å²) in [5, 5.41) is 7.43. The second-order valence-electron chi connectivity index (χ2n) is 17.8. The average molecular weight is 816 g/mol. The SMILES string of the molecule is CC1(C)c2cc(-c3ccccc3)ccc2-c2ccc(-c3ccc4cc(N(c5ccc(-c6ccc7ccccc7c6)cc5)c5ccc(-c6ccc7ccccc7c6)cc5)ccc4c3)cc21. The van der Waals surface area contributed by atoms with E-state index in [1.807, 2.05) is 0 Å². The van der Waals surface area contributed by atoms with E-state index in [2.05, 4.69) is 255 Å². The van der Waals surface area contributed by atoms with Crippen molar-refractivity contribution in [2.75, 3.05) is 4.90 Å². The van der Waals surface area contributed by atoms with Gasteiger partial charge in [0.2, 0.25) is 0 Å². The molecule has 0 fully saturated rings. The maximum atomic E-state index is 2.43. The molecule has 12 rings (SSSR count). The summed E-state index contributed by atoms with van der Waals surface area (Å²) in [6, 6.07) is 87.2. The molecule has 0 unspecified atom stereocenters. The van der Waals surface area contributed by atoms with Gasteiger partial charge in [-0.3, -0.25) is 0 Å². The van der Waals surface area contributed by atoms with Crippen LogP contribution in [-0.4, -0.2) is 0 Å². The molecule has 1 heteroatoms. The second-order valence-corrected chi connectivity index (χ2v) is 17.8. The first-order valence-corrected chi connectivity index (χ1v) is 22.3. The molecule has 0 spiro atoms. The molecular weight excluding hydrogens is 771 g/mol. The Labute approximate surface area is 375 Å². The van der Waals surface area contributed by atoms with Crippen molar-refractivity contribution in [2.24, 2.45) is 0 Å². The van der Waals surface area contributed by atoms with Crippen LogP contribution >= 0.6 is 0 Å². The highest BCUT2D eigenvalue weighted by Crippen LogP contribution is 2.51. The fraction of sp³-hybridized carbons (Fsp3) is 0.0476. The van der Waals surface area contributed by atoms with Crippen LogP contribution in [0.1, 0.15) is 25.0 Å². The molecule has 0 atom stereocenters. The molecule has 0 aliphatic heterocycles. The van der Waals surface area contributed by atoms with Crippen molar-refractivity contribution in [3.8, 4) is 55.6 Å². The number of hydrogen-bond acceptors (Lipinski definition) is 1. The third-order valence-corrected chi connectivity index (χ3v) is 13.6. The maximum absolute atomic E-state index is 2.43. The molecule has 1 nitrogen and oxygen atoms in total. The summed E-state index contributed by atoms with van der Waals surface area (Å²) >= 11 is 0. The first kappa shape index (κ1) is 37.7. The van der Waals surface area contributed by atoms with Gasteiger partial charge in [0.05, 0.1) is 0 Å². The fourth-order valence-corrected chi connectivity index (χ4v) is 10.1. The van der Waals surface area contributed by atoms with E-state index in [4.69, 9.17) is 0 Å². The van der Waals surface area contributed by atoms with E-state index in [1.54, 1.807) is 0 Å². The van der Waals surface area contributed by atoms with Crippen molar-refractivity contribution in [3.05, 3.63) is 248 Å². The Bertz CT molecular complexity index is 3440. The van der Waals surface area contributed by atoms with E-state index in [0.29, 0.717) is 0 Å². The predicted molar refractivity (Wildman–Crippen MR) is 273 cm³/mol. The van der Waals surface area contributed by atoms with Crippen molar-refractivity contribution in [3.63, 3.8) is 0 Å². The molecule has 0 heterocycles. The summed E-state index contributed by atoms with van der Waals surface area (Å²) in [6.45, 7) is 4.75. The molecule has 0 saturated heterocycles. The first-order chi connectivity index (χ1) is 31.4. The smallest absolute Gasteiger partial charge is 0.0468 e. The quantitative estimate of drug-likeness (QED) is 0.155. The van der Waals surface area contributed by atoms with Gasteiger partial charge in [-0.1, -0.05) is 184 Å². The van der Waals surface area contributed by atoms with E-state index >= 15 is 0 Å². The van der Waals surface area contributed by atoms with Crippen LogP contribution in [0.5, 0.6) is 0 Å². The zero-order valence-electron chi connectivity index (χ0n) is 36.0. The van der Waals surface area contributed by atoms with Gasteiger partial charge in [0.1, 0.15) is 0 Å². The Hall–Kier alpha value is -8.00. The lowest BCUT2D eigenvalue weighted by atomic mass is 9.81. The molecule has 1 aliphatic carbocycles. The van der Waals surface area contributed by atoms with E-state index in [1.165, 1.54) is 99.1 Å². The zero-order chi connectivity index (χ0) is 42.8. The van der Waals surface area contributed by atoms with Gasteiger partial charge in [0.25, 0.3) is 0 Å². The maximum Gasteiger partial charge on any atom is 0.0468 e. The van der Waals surface area contributed by atoms with Crippen LogP contribution in [0.4, 0.5) is 17.1 Å². The minimum atomic E-state index is -0.109. The highest BCUT2D eigenvalue weighted by atomic mass is 15.1. The Balaban J connectivity index is 0.890. The van der Waals surface area contributed by atoms with E-state index in [-0.39, 0.29) is 5.41 Å². The Kier molecular flexibility index (Phi) is 8.91. The molecule has 11 aromatic rings. The molecule has 0 N–H and O–H groups in total. The topological polar surface area (TPSA) is 3.24 Å². The molecule has 302 valence electrons. The third kappa shape index (κ3) is 6.57. The van der Waals surface area contributed by atoms with Crippen LogP contribution in [0.2, 0.25) is 0 Å². The monoisotopic (exact) mass is 815 g/mol. The molecule has 11 aromatic carbocycles. The van der Waals surface area contributed by atoms with Gasteiger partial charge in [-0.2, -0.15) is 0 Å². The molecule has 0 amide bonds. The molecule has 0 radical (unpaired) electrons. The van der Waals surface area contributed by atoms with Crippen molar-refractivity contribution in [1.82, 2.24) is 0 Å². The van der Waals surface area contributed by atoms with E-state index in [9.17, 15) is 0 Å². The Morgan fingerprint density at radius 1 is 0.250 bits per heavy atom. The summed E-state index contributed by atoms with van der Waals surface area (Å²) in [5.74, 6) is 0. The lowest BCUT2D eigenvalue weighted by molar-refractivity contribution is 0.661. The fourth-order valence-electron chi connectivity index (χ4n) is 10.1. The van der Waals surface area contributed by atoms with Gasteiger partial charge in [-0.15, -0.1) is 0 Å².